The molecule has 1 aromatic rings. The van der Waals surface area contributed by atoms with Crippen molar-refractivity contribution < 1.29 is 5.21 Å². The fourth-order valence-corrected chi connectivity index (χ4v) is 2.46. The Hall–Kier alpha value is -1.63. The van der Waals surface area contributed by atoms with Crippen LogP contribution in [0.5, 0.6) is 0 Å². The number of hydrogen-bond donors (Lipinski definition) is 2. The molecule has 2 rings (SSSR count). The van der Waals surface area contributed by atoms with E-state index in [0.29, 0.717) is 5.84 Å². The Morgan fingerprint density at radius 3 is 2.79 bits per heavy atom. The van der Waals surface area contributed by atoms with Crippen molar-refractivity contribution in [2.45, 2.75) is 39.8 Å². The van der Waals surface area contributed by atoms with Crippen LogP contribution in [0.2, 0.25) is 0 Å². The van der Waals surface area contributed by atoms with E-state index in [-0.39, 0.29) is 5.41 Å². The molecular weight excluding hydrogens is 244 g/mol. The molecule has 1 saturated heterocycles. The number of piperidine rings is 1. The third kappa shape index (κ3) is 2.86. The first-order valence-corrected chi connectivity index (χ1v) is 6.66. The first kappa shape index (κ1) is 13.8. The first-order valence-electron chi connectivity index (χ1n) is 6.66. The molecule has 0 spiro atoms. The van der Waals surface area contributed by atoms with Crippen LogP contribution < -0.4 is 5.73 Å². The summed E-state index contributed by atoms with van der Waals surface area (Å²) < 4.78 is 1.91. The molecule has 7 nitrogen and oxygen atoms in total. The summed E-state index contributed by atoms with van der Waals surface area (Å²) in [6, 6.07) is 0. The van der Waals surface area contributed by atoms with E-state index in [0.717, 1.165) is 44.8 Å². The van der Waals surface area contributed by atoms with Gasteiger partial charge in [0.05, 0.1) is 6.54 Å². The molecule has 0 bridgehead atoms. The van der Waals surface area contributed by atoms with Crippen molar-refractivity contribution in [3.63, 3.8) is 0 Å². The molecule has 3 N–H and O–H groups in total. The number of aryl methyl sites for hydroxylation is 1. The SMILES string of the molecule is CCn1ncnc1CN1CCC(C)(C(N)=NO)CC1. The van der Waals surface area contributed by atoms with Gasteiger partial charge in [-0.3, -0.25) is 4.90 Å². The summed E-state index contributed by atoms with van der Waals surface area (Å²) in [5.74, 6) is 1.33. The number of nitrogens with zero attached hydrogens (tertiary/aromatic N) is 5. The minimum absolute atomic E-state index is 0.191. The Bertz CT molecular complexity index is 447. The van der Waals surface area contributed by atoms with Crippen LogP contribution in [0, 0.1) is 5.41 Å². The van der Waals surface area contributed by atoms with E-state index in [1.165, 1.54) is 0 Å². The third-order valence-electron chi connectivity index (χ3n) is 4.05. The molecule has 0 amide bonds. The van der Waals surface area contributed by atoms with Crippen LogP contribution in [0.15, 0.2) is 11.5 Å². The van der Waals surface area contributed by atoms with E-state index < -0.39 is 0 Å². The lowest BCUT2D eigenvalue weighted by Crippen LogP contribution is -2.45. The van der Waals surface area contributed by atoms with Gasteiger partial charge in [-0.25, -0.2) is 9.67 Å². The van der Waals surface area contributed by atoms with Crippen LogP contribution in [0.4, 0.5) is 0 Å². The predicted octanol–water partition coefficient (Wildman–Crippen LogP) is 0.646. The van der Waals surface area contributed by atoms with E-state index in [1.54, 1.807) is 6.33 Å². The number of oxime groups is 1. The largest absolute Gasteiger partial charge is 0.409 e. The van der Waals surface area contributed by atoms with Gasteiger partial charge in [0.2, 0.25) is 0 Å². The Labute approximate surface area is 113 Å². The standard InChI is InChI=1S/C12H22N6O/c1-3-18-10(14-9-15-18)8-17-6-4-12(2,5-7-17)11(13)16-19/h9,19H,3-8H2,1-2H3,(H2,13,16). The van der Waals surface area contributed by atoms with Crippen molar-refractivity contribution >= 4 is 5.84 Å². The highest BCUT2D eigenvalue weighted by Gasteiger charge is 2.34. The summed E-state index contributed by atoms with van der Waals surface area (Å²) in [5, 5.41) is 16.2. The summed E-state index contributed by atoms with van der Waals surface area (Å²) in [5.41, 5.74) is 5.57. The first-order chi connectivity index (χ1) is 9.09. The molecule has 106 valence electrons. The zero-order valence-electron chi connectivity index (χ0n) is 11.6. The molecule has 0 unspecified atom stereocenters. The summed E-state index contributed by atoms with van der Waals surface area (Å²) in [6.45, 7) is 7.59. The van der Waals surface area contributed by atoms with Gasteiger partial charge >= 0.3 is 0 Å². The maximum atomic E-state index is 8.82. The quantitative estimate of drug-likeness (QED) is 0.361. The number of amidine groups is 1. The zero-order valence-corrected chi connectivity index (χ0v) is 11.6. The van der Waals surface area contributed by atoms with Gasteiger partial charge in [-0.15, -0.1) is 0 Å². The van der Waals surface area contributed by atoms with Gasteiger partial charge in [-0.2, -0.15) is 5.10 Å². The van der Waals surface area contributed by atoms with Gasteiger partial charge in [-0.1, -0.05) is 12.1 Å². The number of rotatable bonds is 4. The molecule has 0 aromatic carbocycles. The van der Waals surface area contributed by atoms with Crippen LogP contribution in [0.3, 0.4) is 0 Å². The summed E-state index contributed by atoms with van der Waals surface area (Å²) >= 11 is 0. The second-order valence-electron chi connectivity index (χ2n) is 5.31. The van der Waals surface area contributed by atoms with E-state index >= 15 is 0 Å². The van der Waals surface area contributed by atoms with Gasteiger partial charge < -0.3 is 10.9 Å². The van der Waals surface area contributed by atoms with Crippen LogP contribution in [0.1, 0.15) is 32.5 Å². The highest BCUT2D eigenvalue weighted by molar-refractivity contribution is 5.85. The van der Waals surface area contributed by atoms with Gasteiger partial charge in [0, 0.05) is 12.0 Å². The maximum absolute atomic E-state index is 8.82. The molecule has 0 aliphatic carbocycles. The highest BCUT2D eigenvalue weighted by atomic mass is 16.4. The summed E-state index contributed by atoms with van der Waals surface area (Å²) in [6.07, 6.45) is 3.38. The predicted molar refractivity (Wildman–Crippen MR) is 71.7 cm³/mol. The van der Waals surface area contributed by atoms with Crippen LogP contribution in [-0.2, 0) is 13.1 Å². The molecule has 1 fully saturated rings. The van der Waals surface area contributed by atoms with Gasteiger partial charge in [-0.05, 0) is 32.9 Å². The minimum Gasteiger partial charge on any atom is -0.409 e. The van der Waals surface area contributed by atoms with E-state index in [2.05, 4.69) is 27.1 Å². The Morgan fingerprint density at radius 2 is 2.21 bits per heavy atom. The van der Waals surface area contributed by atoms with E-state index in [9.17, 15) is 0 Å². The number of aromatic nitrogens is 3. The number of likely N-dealkylation sites (tertiary alicyclic amines) is 1. The van der Waals surface area contributed by atoms with Gasteiger partial charge in [0.25, 0.3) is 0 Å². The van der Waals surface area contributed by atoms with Crippen molar-refractivity contribution in [3.05, 3.63) is 12.2 Å². The lowest BCUT2D eigenvalue weighted by Gasteiger charge is -2.38. The molecule has 1 aliphatic rings. The average Bonchev–Trinajstić information content (AvgIpc) is 2.87. The third-order valence-corrected chi connectivity index (χ3v) is 4.05. The maximum Gasteiger partial charge on any atom is 0.145 e. The fourth-order valence-electron chi connectivity index (χ4n) is 2.46. The van der Waals surface area contributed by atoms with Crippen LogP contribution in [0.25, 0.3) is 0 Å². The Kier molecular flexibility index (Phi) is 4.04. The van der Waals surface area contributed by atoms with Crippen molar-refractivity contribution in [1.29, 1.82) is 0 Å². The topological polar surface area (TPSA) is 92.6 Å². The monoisotopic (exact) mass is 266 g/mol. The smallest absolute Gasteiger partial charge is 0.145 e. The fraction of sp³-hybridized carbons (Fsp3) is 0.750. The van der Waals surface area contributed by atoms with Crippen molar-refractivity contribution in [2.24, 2.45) is 16.3 Å². The van der Waals surface area contributed by atoms with E-state index in [4.69, 9.17) is 10.9 Å². The normalized spacial score (nSPS) is 20.6. The molecule has 2 heterocycles. The van der Waals surface area contributed by atoms with Gasteiger partial charge in [0.15, 0.2) is 0 Å². The molecular formula is C12H22N6O. The molecule has 1 aromatic heterocycles. The summed E-state index contributed by atoms with van der Waals surface area (Å²) in [7, 11) is 0. The van der Waals surface area contributed by atoms with Gasteiger partial charge in [0.1, 0.15) is 18.0 Å². The highest BCUT2D eigenvalue weighted by Crippen LogP contribution is 2.31. The zero-order chi connectivity index (χ0) is 13.9. The molecule has 19 heavy (non-hydrogen) atoms. The van der Waals surface area contributed by atoms with Crippen molar-refractivity contribution in [1.82, 2.24) is 19.7 Å². The minimum atomic E-state index is -0.191. The molecule has 1 aliphatic heterocycles. The van der Waals surface area contributed by atoms with Crippen LogP contribution >= 0.6 is 0 Å². The lowest BCUT2D eigenvalue weighted by molar-refractivity contribution is 0.148. The second kappa shape index (κ2) is 5.56. The van der Waals surface area contributed by atoms with Crippen molar-refractivity contribution in [3.8, 4) is 0 Å². The summed E-state index contributed by atoms with van der Waals surface area (Å²) in [4.78, 5) is 6.63. The number of nitrogens with two attached hydrogens (primary N) is 1. The Morgan fingerprint density at radius 1 is 1.53 bits per heavy atom. The molecule has 7 heteroatoms. The average molecular weight is 266 g/mol. The second-order valence-corrected chi connectivity index (χ2v) is 5.31. The molecule has 0 saturated carbocycles. The number of hydrogen-bond acceptors (Lipinski definition) is 5. The molecule has 0 radical (unpaired) electrons. The van der Waals surface area contributed by atoms with Crippen molar-refractivity contribution in [2.75, 3.05) is 13.1 Å². The van der Waals surface area contributed by atoms with Crippen LogP contribution in [-0.4, -0.2) is 43.8 Å². The molecule has 0 atom stereocenters. The Balaban J connectivity index is 1.94. The van der Waals surface area contributed by atoms with E-state index in [1.807, 2.05) is 11.6 Å². The lowest BCUT2D eigenvalue weighted by atomic mass is 9.79.